The van der Waals surface area contributed by atoms with Crippen LogP contribution >= 0.6 is 9.39 Å². The Kier molecular flexibility index (Phi) is 3.74. The van der Waals surface area contributed by atoms with E-state index in [1.165, 1.54) is 0 Å². The van der Waals surface area contributed by atoms with Gasteiger partial charge in [0.15, 0.2) is 0 Å². The van der Waals surface area contributed by atoms with Crippen LogP contribution in [0.2, 0.25) is 0 Å². The number of hydrogen-bond acceptors (Lipinski definition) is 2. The molecule has 0 aliphatic heterocycles. The van der Waals surface area contributed by atoms with Crippen molar-refractivity contribution in [3.8, 4) is 0 Å². The molecule has 0 saturated heterocycles. The summed E-state index contributed by atoms with van der Waals surface area (Å²) in [5, 5.41) is 0. The van der Waals surface area contributed by atoms with E-state index in [1.807, 2.05) is 11.7 Å². The Morgan fingerprint density at radius 2 is 2.33 bits per heavy atom. The van der Waals surface area contributed by atoms with Crippen LogP contribution in [0.3, 0.4) is 0 Å². The van der Waals surface area contributed by atoms with Crippen LogP contribution in [0.1, 0.15) is 0 Å². The topological polar surface area (TPSA) is 29.3 Å². The maximum absolute atomic E-state index is 5.17. The maximum atomic E-state index is 5.17. The minimum absolute atomic E-state index is 0.736. The van der Waals surface area contributed by atoms with Crippen LogP contribution in [0.25, 0.3) is 0 Å². The van der Waals surface area contributed by atoms with E-state index in [0.717, 1.165) is 13.1 Å². The molecule has 0 heterocycles. The summed E-state index contributed by atoms with van der Waals surface area (Å²) in [4.78, 5) is 0. The van der Waals surface area contributed by atoms with E-state index in [-0.39, 0.29) is 0 Å². The highest BCUT2D eigenvalue weighted by Crippen LogP contribution is 1.86. The molecule has 0 bridgehead atoms. The van der Waals surface area contributed by atoms with Gasteiger partial charge in [0.2, 0.25) is 0 Å². The predicted molar refractivity (Wildman–Crippen MR) is 31.4 cm³/mol. The van der Waals surface area contributed by atoms with Gasteiger partial charge in [0.1, 0.15) is 0 Å². The summed E-state index contributed by atoms with van der Waals surface area (Å²) >= 11 is 0. The van der Waals surface area contributed by atoms with Gasteiger partial charge in [0.05, 0.1) is 0 Å². The minimum Gasteiger partial charge on any atom is -0.329 e. The molecule has 1 atom stereocenters. The van der Waals surface area contributed by atoms with Crippen molar-refractivity contribution in [1.29, 1.82) is 0 Å². The standard InChI is InChI=1S/C3H11N2P/c1-5(6)3-2-4/h2-4,6H2,1H3. The van der Waals surface area contributed by atoms with Crippen molar-refractivity contribution in [3.63, 3.8) is 0 Å². The van der Waals surface area contributed by atoms with Gasteiger partial charge in [0.25, 0.3) is 0 Å². The molecule has 2 nitrogen and oxygen atoms in total. The van der Waals surface area contributed by atoms with Gasteiger partial charge in [-0.3, -0.25) is 4.67 Å². The second-order valence-corrected chi connectivity index (χ2v) is 2.15. The molecule has 2 N–H and O–H groups in total. The van der Waals surface area contributed by atoms with Gasteiger partial charge >= 0.3 is 0 Å². The van der Waals surface area contributed by atoms with Crippen LogP contribution in [0, 0.1) is 0 Å². The smallest absolute Gasteiger partial charge is 0.0136 e. The highest BCUT2D eigenvalue weighted by atomic mass is 31.0. The van der Waals surface area contributed by atoms with Gasteiger partial charge < -0.3 is 5.73 Å². The Balaban J connectivity index is 2.63. The van der Waals surface area contributed by atoms with E-state index in [4.69, 9.17) is 5.73 Å². The number of hydrogen-bond donors (Lipinski definition) is 1. The Morgan fingerprint density at radius 3 is 2.33 bits per heavy atom. The average Bonchev–Trinajstić information content (AvgIpc) is 1.35. The van der Waals surface area contributed by atoms with Crippen LogP contribution in [0.4, 0.5) is 0 Å². The average molecular weight is 106 g/mol. The lowest BCUT2D eigenvalue weighted by Gasteiger charge is -2.03. The van der Waals surface area contributed by atoms with Crippen molar-refractivity contribution < 1.29 is 0 Å². The molecule has 6 heavy (non-hydrogen) atoms. The Bertz CT molecular complexity index is 30.0. The van der Waals surface area contributed by atoms with Gasteiger partial charge in [-0.2, -0.15) is 0 Å². The summed E-state index contributed by atoms with van der Waals surface area (Å²) in [6.45, 7) is 1.69. The molecule has 0 aromatic rings. The summed E-state index contributed by atoms with van der Waals surface area (Å²) in [5.74, 6) is 0. The molecule has 0 aromatic carbocycles. The van der Waals surface area contributed by atoms with Crippen molar-refractivity contribution in [2.75, 3.05) is 20.1 Å². The van der Waals surface area contributed by atoms with E-state index in [1.54, 1.807) is 0 Å². The third kappa shape index (κ3) is 4.35. The lowest BCUT2D eigenvalue weighted by Crippen LogP contribution is -2.15. The predicted octanol–water partition coefficient (Wildman–Crippen LogP) is -0.333. The van der Waals surface area contributed by atoms with Crippen molar-refractivity contribution in [2.24, 2.45) is 5.73 Å². The summed E-state index contributed by atoms with van der Waals surface area (Å²) in [5.41, 5.74) is 5.17. The maximum Gasteiger partial charge on any atom is 0.0136 e. The van der Waals surface area contributed by atoms with Crippen LogP contribution in [-0.2, 0) is 0 Å². The normalized spacial score (nSPS) is 10.0. The molecule has 3 heteroatoms. The summed E-state index contributed by atoms with van der Waals surface area (Å²) in [6, 6.07) is 0. The van der Waals surface area contributed by atoms with E-state index in [2.05, 4.69) is 9.39 Å². The van der Waals surface area contributed by atoms with Gasteiger partial charge in [-0.15, -0.1) is 0 Å². The van der Waals surface area contributed by atoms with Gasteiger partial charge in [-0.25, -0.2) is 0 Å². The zero-order chi connectivity index (χ0) is 4.99. The van der Waals surface area contributed by atoms with Gasteiger partial charge in [-0.05, 0) is 7.05 Å². The molecule has 0 spiro atoms. The molecular weight excluding hydrogens is 95.0 g/mol. The molecule has 0 aromatic heterocycles. The molecule has 0 aliphatic carbocycles. The SMILES string of the molecule is CN(P)CCN. The van der Waals surface area contributed by atoms with E-state index in [0.29, 0.717) is 0 Å². The Morgan fingerprint density at radius 1 is 1.83 bits per heavy atom. The van der Waals surface area contributed by atoms with E-state index < -0.39 is 0 Å². The first-order valence-corrected chi connectivity index (χ1v) is 2.45. The lowest BCUT2D eigenvalue weighted by molar-refractivity contribution is 0.576. The third-order valence-corrected chi connectivity index (χ3v) is 0.740. The van der Waals surface area contributed by atoms with Crippen LogP contribution in [0.5, 0.6) is 0 Å². The lowest BCUT2D eigenvalue weighted by atomic mass is 10.7. The molecule has 38 valence electrons. The molecule has 0 amide bonds. The second-order valence-electron chi connectivity index (χ2n) is 1.27. The Labute approximate surface area is 41.0 Å². The van der Waals surface area contributed by atoms with Crippen LogP contribution in [0.15, 0.2) is 0 Å². The molecule has 0 rings (SSSR count). The second kappa shape index (κ2) is 3.54. The van der Waals surface area contributed by atoms with E-state index >= 15 is 0 Å². The molecule has 0 saturated carbocycles. The number of nitrogens with zero attached hydrogens (tertiary/aromatic N) is 1. The van der Waals surface area contributed by atoms with Crippen LogP contribution < -0.4 is 5.73 Å². The summed E-state index contributed by atoms with van der Waals surface area (Å²) in [7, 11) is 4.50. The highest BCUT2D eigenvalue weighted by molar-refractivity contribution is 7.13. The number of rotatable bonds is 2. The monoisotopic (exact) mass is 106 g/mol. The molecular formula is C3H11N2P. The fourth-order valence-electron chi connectivity index (χ4n) is 0.204. The molecule has 0 fully saturated rings. The molecule has 0 radical (unpaired) electrons. The molecule has 0 aliphatic rings. The third-order valence-electron chi connectivity index (χ3n) is 0.482. The van der Waals surface area contributed by atoms with Gasteiger partial charge in [0, 0.05) is 13.1 Å². The zero-order valence-electron chi connectivity index (χ0n) is 4.02. The van der Waals surface area contributed by atoms with Crippen molar-refractivity contribution in [3.05, 3.63) is 0 Å². The van der Waals surface area contributed by atoms with Gasteiger partial charge in [-0.1, -0.05) is 9.39 Å². The number of likely N-dealkylation sites (N-methyl/N-ethyl adjacent to an activating group) is 1. The largest absolute Gasteiger partial charge is 0.329 e. The van der Waals surface area contributed by atoms with Crippen molar-refractivity contribution >= 4 is 9.39 Å². The first-order valence-electron chi connectivity index (χ1n) is 1.93. The first-order chi connectivity index (χ1) is 2.77. The summed E-state index contributed by atoms with van der Waals surface area (Å²) < 4.78 is 1.97. The van der Waals surface area contributed by atoms with Crippen LogP contribution in [-0.4, -0.2) is 24.8 Å². The highest BCUT2D eigenvalue weighted by Gasteiger charge is 1.79. The van der Waals surface area contributed by atoms with Crippen molar-refractivity contribution in [1.82, 2.24) is 4.67 Å². The Hall–Kier alpha value is 0.350. The van der Waals surface area contributed by atoms with E-state index in [9.17, 15) is 0 Å². The number of nitrogens with two attached hydrogens (primary N) is 1. The minimum atomic E-state index is 0.736. The first kappa shape index (κ1) is 6.35. The van der Waals surface area contributed by atoms with Crippen molar-refractivity contribution in [2.45, 2.75) is 0 Å². The fraction of sp³-hybridized carbons (Fsp3) is 1.00. The summed E-state index contributed by atoms with van der Waals surface area (Å²) in [6.07, 6.45) is 0. The fourth-order valence-corrected chi connectivity index (χ4v) is 0.353. The molecule has 1 unspecified atom stereocenters. The zero-order valence-corrected chi connectivity index (χ0v) is 5.17. The quantitative estimate of drug-likeness (QED) is 0.488.